The van der Waals surface area contributed by atoms with Gasteiger partial charge in [-0.2, -0.15) is 0 Å². The summed E-state index contributed by atoms with van der Waals surface area (Å²) in [4.78, 5) is 0. The van der Waals surface area contributed by atoms with Crippen LogP contribution in [0.5, 0.6) is 0 Å². The maximum Gasteiger partial charge on any atom is 0.122 e. The van der Waals surface area contributed by atoms with Crippen LogP contribution >= 0.6 is 0 Å². The molecular weight excluding hydrogens is 320 g/mol. The fourth-order valence-electron chi connectivity index (χ4n) is 4.53. The zero-order valence-corrected chi connectivity index (χ0v) is 18.7. The zero-order chi connectivity index (χ0) is 19.6. The maximum absolute atomic E-state index is 6.67. The van der Waals surface area contributed by atoms with Gasteiger partial charge in [0.1, 0.15) is 5.76 Å². The number of hydrogen-bond acceptors (Lipinski definition) is 2. The van der Waals surface area contributed by atoms with Crippen LogP contribution in [0.15, 0.2) is 22.5 Å². The molecule has 0 amide bonds. The molecule has 1 aliphatic carbocycles. The van der Waals surface area contributed by atoms with Gasteiger partial charge in [0.2, 0.25) is 0 Å². The summed E-state index contributed by atoms with van der Waals surface area (Å²) in [6.07, 6.45) is 10.1. The molecule has 0 aromatic carbocycles. The molecule has 0 heterocycles. The highest BCUT2D eigenvalue weighted by molar-refractivity contribution is 5.46. The average Bonchev–Trinajstić information content (AvgIpc) is 2.64. The molecule has 0 aromatic rings. The predicted octanol–water partition coefficient (Wildman–Crippen LogP) is 7.59. The largest absolute Gasteiger partial charge is 0.493 e. The highest BCUT2D eigenvalue weighted by Crippen LogP contribution is 2.49. The van der Waals surface area contributed by atoms with E-state index in [1.165, 1.54) is 48.2 Å². The highest BCUT2D eigenvalue weighted by Gasteiger charge is 2.45. The first-order valence-electron chi connectivity index (χ1n) is 11.3. The van der Waals surface area contributed by atoms with E-state index in [9.17, 15) is 0 Å². The molecule has 152 valence electrons. The van der Waals surface area contributed by atoms with Crippen LogP contribution in [0.3, 0.4) is 0 Å². The molecular formula is C24H44O2. The molecule has 0 bridgehead atoms. The lowest BCUT2D eigenvalue weighted by Crippen LogP contribution is -2.45. The molecule has 1 aliphatic rings. The van der Waals surface area contributed by atoms with Gasteiger partial charge in [-0.25, -0.2) is 0 Å². The first-order valence-corrected chi connectivity index (χ1v) is 11.3. The highest BCUT2D eigenvalue weighted by atomic mass is 16.5. The smallest absolute Gasteiger partial charge is 0.122 e. The van der Waals surface area contributed by atoms with Gasteiger partial charge in [-0.1, -0.05) is 60.8 Å². The van der Waals surface area contributed by atoms with Gasteiger partial charge in [0, 0.05) is 12.5 Å². The fraction of sp³-hybridized carbons (Fsp3) is 0.833. The van der Waals surface area contributed by atoms with E-state index in [0.29, 0.717) is 5.92 Å². The topological polar surface area (TPSA) is 18.5 Å². The summed E-state index contributed by atoms with van der Waals surface area (Å²) < 4.78 is 13.1. The number of allylic oxidation sites excluding steroid dienone is 1. The van der Waals surface area contributed by atoms with Crippen molar-refractivity contribution in [1.82, 2.24) is 0 Å². The molecule has 26 heavy (non-hydrogen) atoms. The van der Waals surface area contributed by atoms with Gasteiger partial charge in [0.05, 0.1) is 12.2 Å². The Hall–Kier alpha value is -0.760. The van der Waals surface area contributed by atoms with Crippen molar-refractivity contribution in [3.63, 3.8) is 0 Å². The first-order chi connectivity index (χ1) is 12.5. The van der Waals surface area contributed by atoms with Gasteiger partial charge in [0.25, 0.3) is 0 Å². The third-order valence-electron chi connectivity index (χ3n) is 5.92. The van der Waals surface area contributed by atoms with Crippen molar-refractivity contribution in [2.45, 2.75) is 112 Å². The van der Waals surface area contributed by atoms with Crippen molar-refractivity contribution in [3.05, 3.63) is 22.5 Å². The Bertz CT molecular complexity index is 475. The number of unbranched alkanes of at least 4 members (excludes halogenated alkanes) is 2. The van der Waals surface area contributed by atoms with E-state index in [1.807, 2.05) is 0 Å². The van der Waals surface area contributed by atoms with Gasteiger partial charge >= 0.3 is 0 Å². The Morgan fingerprint density at radius 3 is 1.96 bits per heavy atom. The van der Waals surface area contributed by atoms with Gasteiger partial charge in [-0.15, -0.1) is 0 Å². The summed E-state index contributed by atoms with van der Waals surface area (Å²) in [7, 11) is 0. The van der Waals surface area contributed by atoms with Gasteiger partial charge in [0.15, 0.2) is 0 Å². The third kappa shape index (κ3) is 5.15. The van der Waals surface area contributed by atoms with E-state index in [2.05, 4.69) is 48.5 Å². The Balaban J connectivity index is 3.41. The van der Waals surface area contributed by atoms with E-state index in [-0.39, 0.29) is 5.60 Å². The Morgan fingerprint density at radius 2 is 1.46 bits per heavy atom. The van der Waals surface area contributed by atoms with Crippen LogP contribution in [-0.2, 0) is 9.47 Å². The molecule has 2 nitrogen and oxygen atoms in total. The Kier molecular flexibility index (Phi) is 10.6. The van der Waals surface area contributed by atoms with Crippen LogP contribution in [0, 0.1) is 5.92 Å². The molecule has 0 saturated carbocycles. The minimum absolute atomic E-state index is 0.172. The zero-order valence-electron chi connectivity index (χ0n) is 18.7. The number of rotatable bonds is 13. The van der Waals surface area contributed by atoms with Gasteiger partial charge < -0.3 is 9.47 Å². The standard InChI is InChI=1S/C24H44O2/c1-8-14-17-25-23-19(11-4)21(13-6)24(7,26-18-15-9-2)22(16-10-3)20(23)12-5/h22H,8-18H2,1-7H3. The third-order valence-corrected chi connectivity index (χ3v) is 5.92. The lowest BCUT2D eigenvalue weighted by atomic mass is 9.67. The molecule has 0 aliphatic heterocycles. The van der Waals surface area contributed by atoms with Crippen molar-refractivity contribution in [2.24, 2.45) is 5.92 Å². The summed E-state index contributed by atoms with van der Waals surface area (Å²) in [5.74, 6) is 1.66. The molecule has 2 atom stereocenters. The van der Waals surface area contributed by atoms with Crippen LogP contribution in [-0.4, -0.2) is 18.8 Å². The summed E-state index contributed by atoms with van der Waals surface area (Å²) in [5.41, 5.74) is 4.23. The van der Waals surface area contributed by atoms with Crippen LogP contribution < -0.4 is 0 Å². The lowest BCUT2D eigenvalue weighted by molar-refractivity contribution is -0.0471. The SMILES string of the molecule is CCCCOC1=C(CC)C(CCC)C(C)(OCCCC)C(CC)=C1CC. The quantitative estimate of drug-likeness (QED) is 0.313. The molecule has 0 N–H and O–H groups in total. The molecule has 0 spiro atoms. The lowest BCUT2D eigenvalue weighted by Gasteiger charge is -2.46. The second-order valence-corrected chi connectivity index (χ2v) is 7.72. The minimum atomic E-state index is -0.172. The average molecular weight is 365 g/mol. The van der Waals surface area contributed by atoms with Crippen molar-refractivity contribution in [1.29, 1.82) is 0 Å². The summed E-state index contributed by atoms with van der Waals surface area (Å²) in [6, 6.07) is 0. The van der Waals surface area contributed by atoms with Crippen molar-refractivity contribution in [2.75, 3.05) is 13.2 Å². The number of hydrogen-bond donors (Lipinski definition) is 0. The molecule has 2 unspecified atom stereocenters. The van der Waals surface area contributed by atoms with Gasteiger partial charge in [-0.3, -0.25) is 0 Å². The number of ether oxygens (including phenoxy) is 2. The second-order valence-electron chi connectivity index (χ2n) is 7.72. The van der Waals surface area contributed by atoms with Crippen LogP contribution in [0.25, 0.3) is 0 Å². The molecule has 1 rings (SSSR count). The molecule has 0 radical (unpaired) electrons. The van der Waals surface area contributed by atoms with Crippen LogP contribution in [0.1, 0.15) is 106 Å². The minimum Gasteiger partial charge on any atom is -0.493 e. The first kappa shape index (κ1) is 23.3. The normalized spacial score (nSPS) is 23.7. The van der Waals surface area contributed by atoms with E-state index < -0.39 is 0 Å². The van der Waals surface area contributed by atoms with Crippen LogP contribution in [0.4, 0.5) is 0 Å². The fourth-order valence-corrected chi connectivity index (χ4v) is 4.53. The molecule has 0 fully saturated rings. The maximum atomic E-state index is 6.67. The summed E-state index contributed by atoms with van der Waals surface area (Å²) in [5, 5.41) is 0. The van der Waals surface area contributed by atoms with Crippen molar-refractivity contribution >= 4 is 0 Å². The molecule has 2 heteroatoms. The van der Waals surface area contributed by atoms with Crippen molar-refractivity contribution < 1.29 is 9.47 Å². The molecule has 0 saturated heterocycles. The predicted molar refractivity (Wildman–Crippen MR) is 113 cm³/mol. The van der Waals surface area contributed by atoms with Gasteiger partial charge in [-0.05, 0) is 62.2 Å². The van der Waals surface area contributed by atoms with E-state index in [4.69, 9.17) is 9.47 Å². The van der Waals surface area contributed by atoms with E-state index in [1.54, 1.807) is 0 Å². The molecule has 0 aromatic heterocycles. The Labute approximate surface area is 163 Å². The van der Waals surface area contributed by atoms with E-state index >= 15 is 0 Å². The Morgan fingerprint density at radius 1 is 0.808 bits per heavy atom. The summed E-state index contributed by atoms with van der Waals surface area (Å²) >= 11 is 0. The van der Waals surface area contributed by atoms with Crippen LogP contribution in [0.2, 0.25) is 0 Å². The second kappa shape index (κ2) is 11.8. The monoisotopic (exact) mass is 364 g/mol. The summed E-state index contributed by atoms with van der Waals surface area (Å²) in [6.45, 7) is 17.7. The van der Waals surface area contributed by atoms with E-state index in [0.717, 1.165) is 45.3 Å². The van der Waals surface area contributed by atoms with Crippen molar-refractivity contribution in [3.8, 4) is 0 Å².